The quantitative estimate of drug-likeness (QED) is 0.312. The summed E-state index contributed by atoms with van der Waals surface area (Å²) in [6.07, 6.45) is 19.5. The third kappa shape index (κ3) is 13.5. The van der Waals surface area contributed by atoms with Gasteiger partial charge < -0.3 is 0 Å². The molecule has 0 aromatic carbocycles. The standard InChI is InChI=1S/C15H27/c1-3-5-7-9-11-13-15-14-12-10-8-6-4-2/h1,3,7,9H,4-6,8,10-15H2,2H3. The van der Waals surface area contributed by atoms with E-state index in [0.29, 0.717) is 0 Å². The molecule has 0 unspecified atom stereocenters. The molecule has 0 heteroatoms. The second kappa shape index (κ2) is 13.5. The van der Waals surface area contributed by atoms with Gasteiger partial charge in [-0.15, -0.1) is 0 Å². The van der Waals surface area contributed by atoms with Crippen molar-refractivity contribution in [2.24, 2.45) is 0 Å². The first-order chi connectivity index (χ1) is 7.41. The molecule has 0 N–H and O–H groups in total. The Morgan fingerprint density at radius 2 is 1.40 bits per heavy atom. The van der Waals surface area contributed by atoms with E-state index < -0.39 is 0 Å². The van der Waals surface area contributed by atoms with E-state index in [4.69, 9.17) is 6.58 Å². The summed E-state index contributed by atoms with van der Waals surface area (Å²) in [4.78, 5) is 0. The van der Waals surface area contributed by atoms with E-state index in [9.17, 15) is 0 Å². The van der Waals surface area contributed by atoms with Crippen LogP contribution in [-0.4, -0.2) is 0 Å². The average Bonchev–Trinajstić information content (AvgIpc) is 2.26. The van der Waals surface area contributed by atoms with Crippen molar-refractivity contribution in [3.63, 3.8) is 0 Å². The minimum absolute atomic E-state index is 0.914. The highest BCUT2D eigenvalue weighted by Gasteiger charge is 1.89. The van der Waals surface area contributed by atoms with Gasteiger partial charge in [0.1, 0.15) is 0 Å². The summed E-state index contributed by atoms with van der Waals surface area (Å²) >= 11 is 0. The minimum Gasteiger partial charge on any atom is -0.0882 e. The predicted octanol–water partition coefficient (Wildman–Crippen LogP) is 5.45. The third-order valence-corrected chi connectivity index (χ3v) is 2.66. The normalized spacial score (nSPS) is 11.0. The van der Waals surface area contributed by atoms with Crippen LogP contribution in [0.5, 0.6) is 0 Å². The van der Waals surface area contributed by atoms with Crippen molar-refractivity contribution in [1.82, 2.24) is 0 Å². The topological polar surface area (TPSA) is 0 Å². The Morgan fingerprint density at radius 3 is 2.00 bits per heavy atom. The van der Waals surface area contributed by atoms with Gasteiger partial charge in [-0.25, -0.2) is 0 Å². The number of unbranched alkanes of at least 4 members (excludes halogenated alkanes) is 8. The largest absolute Gasteiger partial charge is 0.0882 e. The number of allylic oxidation sites excluding steroid dienone is 3. The molecule has 0 aromatic rings. The van der Waals surface area contributed by atoms with Gasteiger partial charge in [-0.05, 0) is 19.3 Å². The number of rotatable bonds is 11. The van der Waals surface area contributed by atoms with Crippen molar-refractivity contribution in [2.45, 2.75) is 71.1 Å². The van der Waals surface area contributed by atoms with Crippen LogP contribution in [0.1, 0.15) is 71.1 Å². The highest BCUT2D eigenvalue weighted by Crippen LogP contribution is 2.09. The van der Waals surface area contributed by atoms with Crippen LogP contribution in [0.3, 0.4) is 0 Å². The van der Waals surface area contributed by atoms with Crippen molar-refractivity contribution in [3.05, 3.63) is 24.8 Å². The van der Waals surface area contributed by atoms with Crippen LogP contribution < -0.4 is 0 Å². The first-order valence-corrected chi connectivity index (χ1v) is 6.60. The van der Waals surface area contributed by atoms with E-state index in [-0.39, 0.29) is 0 Å². The lowest BCUT2D eigenvalue weighted by Crippen LogP contribution is -1.79. The Balaban J connectivity index is 2.95. The van der Waals surface area contributed by atoms with Crippen molar-refractivity contribution in [3.8, 4) is 0 Å². The molecule has 1 radical (unpaired) electrons. The molecule has 0 rings (SSSR count). The molecular weight excluding hydrogens is 180 g/mol. The summed E-state index contributed by atoms with van der Waals surface area (Å²) in [7, 11) is 0. The molecule has 87 valence electrons. The number of hydrogen-bond acceptors (Lipinski definition) is 0. The molecule has 0 amide bonds. The molecule has 0 nitrogen and oxygen atoms in total. The van der Waals surface area contributed by atoms with Gasteiger partial charge in [0.15, 0.2) is 0 Å². The predicted molar refractivity (Wildman–Crippen MR) is 69.9 cm³/mol. The Labute approximate surface area is 96.5 Å². The molecule has 0 saturated carbocycles. The highest BCUT2D eigenvalue weighted by molar-refractivity contribution is 4.86. The minimum atomic E-state index is 0.914. The van der Waals surface area contributed by atoms with E-state index in [1.54, 1.807) is 6.08 Å². The molecule has 0 fully saturated rings. The fraction of sp³-hybridized carbons (Fsp3) is 0.733. The molecule has 0 atom stereocenters. The monoisotopic (exact) mass is 207 g/mol. The van der Waals surface area contributed by atoms with Crippen LogP contribution in [-0.2, 0) is 0 Å². The van der Waals surface area contributed by atoms with Crippen molar-refractivity contribution in [1.29, 1.82) is 0 Å². The Bertz CT molecular complexity index is 144. The fourth-order valence-electron chi connectivity index (χ4n) is 1.69. The molecule has 15 heavy (non-hydrogen) atoms. The number of hydrogen-bond donors (Lipinski definition) is 0. The van der Waals surface area contributed by atoms with Crippen LogP contribution in [0.15, 0.2) is 18.2 Å². The summed E-state index contributed by atoms with van der Waals surface area (Å²) in [5, 5.41) is 0. The first kappa shape index (κ1) is 14.5. The lowest BCUT2D eigenvalue weighted by Gasteiger charge is -1.99. The lowest BCUT2D eigenvalue weighted by molar-refractivity contribution is 0.577. The zero-order valence-electron chi connectivity index (χ0n) is 10.4. The second-order valence-electron chi connectivity index (χ2n) is 4.21. The van der Waals surface area contributed by atoms with Gasteiger partial charge in [0, 0.05) is 0 Å². The van der Waals surface area contributed by atoms with Crippen molar-refractivity contribution in [2.75, 3.05) is 0 Å². The zero-order valence-corrected chi connectivity index (χ0v) is 10.4. The molecule has 0 aliphatic heterocycles. The fourth-order valence-corrected chi connectivity index (χ4v) is 1.69. The van der Waals surface area contributed by atoms with Gasteiger partial charge in [0.25, 0.3) is 0 Å². The molecule has 0 saturated heterocycles. The zero-order chi connectivity index (χ0) is 11.2. The van der Waals surface area contributed by atoms with E-state index in [1.807, 2.05) is 0 Å². The molecule has 0 aromatic heterocycles. The summed E-state index contributed by atoms with van der Waals surface area (Å²) in [6, 6.07) is 0. The van der Waals surface area contributed by atoms with E-state index in [2.05, 4.69) is 19.1 Å². The summed E-state index contributed by atoms with van der Waals surface area (Å²) in [5.41, 5.74) is 0. The summed E-state index contributed by atoms with van der Waals surface area (Å²) < 4.78 is 0. The van der Waals surface area contributed by atoms with Crippen LogP contribution in [0, 0.1) is 6.58 Å². The second-order valence-corrected chi connectivity index (χ2v) is 4.21. The molecule has 0 aliphatic rings. The SMILES string of the molecule is [CH]=CCC=CCCCCCCCCCC. The third-order valence-electron chi connectivity index (χ3n) is 2.66. The first-order valence-electron chi connectivity index (χ1n) is 6.60. The molecule has 0 bridgehead atoms. The van der Waals surface area contributed by atoms with Gasteiger partial charge in [0.2, 0.25) is 0 Å². The highest BCUT2D eigenvalue weighted by atomic mass is 14.0. The summed E-state index contributed by atoms with van der Waals surface area (Å²) in [5.74, 6) is 0. The maximum atomic E-state index is 5.27. The maximum absolute atomic E-state index is 5.27. The Kier molecular flexibility index (Phi) is 13.0. The Hall–Kier alpha value is -0.520. The van der Waals surface area contributed by atoms with Gasteiger partial charge in [-0.2, -0.15) is 0 Å². The molecular formula is C15H27. The van der Waals surface area contributed by atoms with E-state index in [1.165, 1.54) is 57.8 Å². The van der Waals surface area contributed by atoms with E-state index >= 15 is 0 Å². The van der Waals surface area contributed by atoms with Gasteiger partial charge in [-0.3, -0.25) is 0 Å². The Morgan fingerprint density at radius 1 is 0.800 bits per heavy atom. The van der Waals surface area contributed by atoms with E-state index in [0.717, 1.165) is 6.42 Å². The van der Waals surface area contributed by atoms with Gasteiger partial charge in [0.05, 0.1) is 0 Å². The van der Waals surface area contributed by atoms with Crippen LogP contribution >= 0.6 is 0 Å². The smallest absolute Gasteiger partial charge is 0.0166 e. The van der Waals surface area contributed by atoms with Crippen molar-refractivity contribution >= 4 is 0 Å². The molecule has 0 heterocycles. The molecule has 0 spiro atoms. The van der Waals surface area contributed by atoms with Crippen molar-refractivity contribution < 1.29 is 0 Å². The van der Waals surface area contributed by atoms with Crippen LogP contribution in [0.4, 0.5) is 0 Å². The van der Waals surface area contributed by atoms with Gasteiger partial charge >= 0.3 is 0 Å². The van der Waals surface area contributed by atoms with Crippen LogP contribution in [0.25, 0.3) is 0 Å². The van der Waals surface area contributed by atoms with Gasteiger partial charge in [-0.1, -0.05) is 76.7 Å². The lowest BCUT2D eigenvalue weighted by atomic mass is 10.1. The molecule has 0 aliphatic carbocycles. The summed E-state index contributed by atoms with van der Waals surface area (Å²) in [6.45, 7) is 7.54. The average molecular weight is 207 g/mol. The maximum Gasteiger partial charge on any atom is -0.0166 e. The van der Waals surface area contributed by atoms with Crippen LogP contribution in [0.2, 0.25) is 0 Å².